The Labute approximate surface area is 168 Å². The maximum absolute atomic E-state index is 13.3. The van der Waals surface area contributed by atoms with Crippen molar-refractivity contribution in [2.45, 2.75) is 44.8 Å². The number of carbonyl (C=O) groups is 2. The van der Waals surface area contributed by atoms with E-state index in [2.05, 4.69) is 15.0 Å². The minimum absolute atomic E-state index is 0.228. The molecular formula is C20H25N5O4. The molecule has 4 rings (SSSR count). The predicted molar refractivity (Wildman–Crippen MR) is 104 cm³/mol. The average molecular weight is 399 g/mol. The number of aromatic nitrogens is 3. The van der Waals surface area contributed by atoms with Crippen LogP contribution in [0.5, 0.6) is 0 Å². The molecule has 154 valence electrons. The van der Waals surface area contributed by atoms with E-state index >= 15 is 0 Å². The van der Waals surface area contributed by atoms with Crippen molar-refractivity contribution in [3.8, 4) is 0 Å². The summed E-state index contributed by atoms with van der Waals surface area (Å²) >= 11 is 0. The van der Waals surface area contributed by atoms with Gasteiger partial charge >= 0.3 is 6.09 Å². The fraction of sp³-hybridized carbons (Fsp3) is 0.500. The third-order valence-corrected chi connectivity index (χ3v) is 5.40. The smallest absolute Gasteiger partial charge is 0.410 e. The van der Waals surface area contributed by atoms with Crippen molar-refractivity contribution >= 4 is 12.0 Å². The Bertz CT molecular complexity index is 1000. The molecule has 4 heterocycles. The minimum atomic E-state index is -0.756. The van der Waals surface area contributed by atoms with Crippen molar-refractivity contribution in [3.63, 3.8) is 0 Å². The van der Waals surface area contributed by atoms with Crippen LogP contribution in [0.1, 0.15) is 49.1 Å². The van der Waals surface area contributed by atoms with Crippen LogP contribution >= 0.6 is 0 Å². The molecule has 2 aromatic rings. The lowest BCUT2D eigenvalue weighted by Crippen LogP contribution is -2.55. The predicted octanol–water partition coefficient (Wildman–Crippen LogP) is 1.63. The number of pyridine rings is 1. The molecule has 0 bridgehead atoms. The number of fused-ring (bicyclic) bond motifs is 2. The number of imidazole rings is 1. The van der Waals surface area contributed by atoms with E-state index in [0.29, 0.717) is 32.5 Å². The van der Waals surface area contributed by atoms with Crippen LogP contribution in [0.3, 0.4) is 0 Å². The van der Waals surface area contributed by atoms with E-state index in [1.807, 2.05) is 20.8 Å². The van der Waals surface area contributed by atoms with Crippen LogP contribution in [0.15, 0.2) is 29.3 Å². The zero-order valence-corrected chi connectivity index (χ0v) is 16.8. The zero-order valence-electron chi connectivity index (χ0n) is 16.8. The van der Waals surface area contributed by atoms with E-state index in [1.165, 1.54) is 6.07 Å². The van der Waals surface area contributed by atoms with Crippen molar-refractivity contribution in [3.05, 3.63) is 52.0 Å². The van der Waals surface area contributed by atoms with Gasteiger partial charge in [0.15, 0.2) is 0 Å². The van der Waals surface area contributed by atoms with Crippen LogP contribution in [0, 0.1) is 0 Å². The highest BCUT2D eigenvalue weighted by molar-refractivity contribution is 5.93. The summed E-state index contributed by atoms with van der Waals surface area (Å²) in [6, 6.07) is 4.52. The first kappa shape index (κ1) is 19.2. The normalized spacial score (nSPS) is 21.3. The second kappa shape index (κ2) is 6.75. The Morgan fingerprint density at radius 3 is 2.76 bits per heavy atom. The molecule has 29 heavy (non-hydrogen) atoms. The molecule has 0 aromatic carbocycles. The maximum Gasteiger partial charge on any atom is 0.410 e. The molecule has 9 heteroatoms. The molecule has 1 saturated heterocycles. The SMILES string of the molecule is CC(C)(C)OC(=O)N1CCC2(C1)c1nc[nH]c1CCN2C(=O)c1cccc(=O)[nH]1. The number of H-pyrrole nitrogens is 2. The van der Waals surface area contributed by atoms with Gasteiger partial charge in [-0.15, -0.1) is 0 Å². The number of rotatable bonds is 1. The molecule has 1 unspecified atom stereocenters. The highest BCUT2D eigenvalue weighted by atomic mass is 16.6. The third-order valence-electron chi connectivity index (χ3n) is 5.40. The first-order valence-electron chi connectivity index (χ1n) is 9.72. The van der Waals surface area contributed by atoms with Crippen LogP contribution in [0.25, 0.3) is 0 Å². The summed E-state index contributed by atoms with van der Waals surface area (Å²) in [7, 11) is 0. The lowest BCUT2D eigenvalue weighted by molar-refractivity contribution is 0.0201. The summed E-state index contributed by atoms with van der Waals surface area (Å²) in [6.45, 7) is 6.69. The summed E-state index contributed by atoms with van der Waals surface area (Å²) in [5.74, 6) is -0.276. The number of ether oxygens (including phenoxy) is 1. The molecule has 1 fully saturated rings. The molecule has 2 N–H and O–H groups in total. The van der Waals surface area contributed by atoms with Gasteiger partial charge in [0.05, 0.1) is 18.6 Å². The van der Waals surface area contributed by atoms with Gasteiger partial charge in [-0.3, -0.25) is 9.59 Å². The highest BCUT2D eigenvalue weighted by Gasteiger charge is 2.53. The van der Waals surface area contributed by atoms with Crippen LogP contribution in [0.2, 0.25) is 0 Å². The van der Waals surface area contributed by atoms with Gasteiger partial charge in [-0.2, -0.15) is 0 Å². The topological polar surface area (TPSA) is 111 Å². The van der Waals surface area contributed by atoms with Gasteiger partial charge < -0.3 is 24.5 Å². The van der Waals surface area contributed by atoms with Crippen LogP contribution < -0.4 is 5.56 Å². The number of nitrogens with zero attached hydrogens (tertiary/aromatic N) is 3. The molecule has 2 aliphatic heterocycles. The molecule has 0 aliphatic carbocycles. The van der Waals surface area contributed by atoms with Gasteiger partial charge in [0.2, 0.25) is 5.56 Å². The molecule has 2 aromatic heterocycles. The second-order valence-corrected chi connectivity index (χ2v) is 8.55. The molecule has 0 saturated carbocycles. The number of hydrogen-bond acceptors (Lipinski definition) is 5. The maximum atomic E-state index is 13.3. The Kier molecular flexibility index (Phi) is 4.48. The number of hydrogen-bond donors (Lipinski definition) is 2. The van der Waals surface area contributed by atoms with E-state index < -0.39 is 17.2 Å². The van der Waals surface area contributed by atoms with Gasteiger partial charge in [-0.05, 0) is 33.3 Å². The number of amides is 2. The van der Waals surface area contributed by atoms with Crippen LogP contribution in [-0.4, -0.2) is 62.0 Å². The average Bonchev–Trinajstić information content (AvgIpc) is 3.29. The first-order chi connectivity index (χ1) is 13.7. The van der Waals surface area contributed by atoms with Crippen molar-refractivity contribution < 1.29 is 14.3 Å². The second-order valence-electron chi connectivity index (χ2n) is 8.55. The molecule has 1 spiro atoms. The molecule has 2 amide bonds. The summed E-state index contributed by atoms with van der Waals surface area (Å²) in [5.41, 5.74) is 0.295. The first-order valence-corrected chi connectivity index (χ1v) is 9.72. The van der Waals surface area contributed by atoms with Gasteiger partial charge in [0.25, 0.3) is 5.91 Å². The van der Waals surface area contributed by atoms with E-state index in [0.717, 1.165) is 11.4 Å². The fourth-order valence-corrected chi connectivity index (χ4v) is 4.18. The van der Waals surface area contributed by atoms with Crippen molar-refractivity contribution in [2.75, 3.05) is 19.6 Å². The Hall–Kier alpha value is -3.10. The Morgan fingerprint density at radius 2 is 2.03 bits per heavy atom. The van der Waals surface area contributed by atoms with Crippen molar-refractivity contribution in [1.82, 2.24) is 24.8 Å². The zero-order chi connectivity index (χ0) is 20.8. The van der Waals surface area contributed by atoms with E-state index in [9.17, 15) is 14.4 Å². The van der Waals surface area contributed by atoms with Crippen molar-refractivity contribution in [2.24, 2.45) is 0 Å². The summed E-state index contributed by atoms with van der Waals surface area (Å²) in [4.78, 5) is 51.3. The van der Waals surface area contributed by atoms with Gasteiger partial charge in [0, 0.05) is 31.3 Å². The standard InChI is InChI=1S/C20H25N5O4/c1-19(2,3)29-18(28)24-10-8-20(11-24)16-13(21-12-22-16)7-9-25(20)17(27)14-5-4-6-15(26)23-14/h4-6,12H,7-11H2,1-3H3,(H,21,22)(H,23,26). The fourth-order valence-electron chi connectivity index (χ4n) is 4.18. The number of aromatic amines is 2. The minimum Gasteiger partial charge on any atom is -0.444 e. The Balaban J connectivity index is 1.69. The monoisotopic (exact) mass is 399 g/mol. The lowest BCUT2D eigenvalue weighted by Gasteiger charge is -2.43. The van der Waals surface area contributed by atoms with Gasteiger partial charge in [-0.25, -0.2) is 9.78 Å². The largest absolute Gasteiger partial charge is 0.444 e. The van der Waals surface area contributed by atoms with Crippen LogP contribution in [-0.2, 0) is 16.7 Å². The van der Waals surface area contributed by atoms with Crippen LogP contribution in [0.4, 0.5) is 4.79 Å². The summed E-state index contributed by atoms with van der Waals surface area (Å²) in [5, 5.41) is 0. The molecule has 0 radical (unpaired) electrons. The summed E-state index contributed by atoms with van der Waals surface area (Å²) < 4.78 is 5.53. The Morgan fingerprint density at radius 1 is 1.24 bits per heavy atom. The van der Waals surface area contributed by atoms with Crippen molar-refractivity contribution in [1.29, 1.82) is 0 Å². The molecule has 1 atom stereocenters. The highest BCUT2D eigenvalue weighted by Crippen LogP contribution is 2.42. The van der Waals surface area contributed by atoms with E-state index in [1.54, 1.807) is 28.3 Å². The van der Waals surface area contributed by atoms with E-state index in [-0.39, 0.29) is 17.2 Å². The van der Waals surface area contributed by atoms with E-state index in [4.69, 9.17) is 4.74 Å². The number of carbonyl (C=O) groups excluding carboxylic acids is 2. The van der Waals surface area contributed by atoms with Gasteiger partial charge in [-0.1, -0.05) is 6.07 Å². The molecular weight excluding hydrogens is 374 g/mol. The molecule has 9 nitrogen and oxygen atoms in total. The lowest BCUT2D eigenvalue weighted by atomic mass is 9.85. The third kappa shape index (κ3) is 3.41. The van der Waals surface area contributed by atoms with Gasteiger partial charge in [0.1, 0.15) is 16.8 Å². The number of nitrogens with one attached hydrogen (secondary N) is 2. The summed E-state index contributed by atoms with van der Waals surface area (Å²) in [6.07, 6.45) is 2.40. The molecule has 2 aliphatic rings. The number of likely N-dealkylation sites (tertiary alicyclic amines) is 1. The quantitative estimate of drug-likeness (QED) is 0.757.